The summed E-state index contributed by atoms with van der Waals surface area (Å²) in [5.74, 6) is 0. The van der Waals surface area contributed by atoms with Gasteiger partial charge in [-0.3, -0.25) is 0 Å². The van der Waals surface area contributed by atoms with Crippen molar-refractivity contribution in [2.75, 3.05) is 27.9 Å². The van der Waals surface area contributed by atoms with Gasteiger partial charge in [0.15, 0.2) is 0 Å². The second-order valence-corrected chi connectivity index (χ2v) is 6.37. The molecule has 0 saturated carbocycles. The minimum atomic E-state index is -2.32. The van der Waals surface area contributed by atoms with Crippen LogP contribution < -0.4 is 5.73 Å². The molecule has 7 heteroatoms. The molecule has 0 saturated heterocycles. The number of aliphatic hydroxyl groups excluding tert-OH is 1. The van der Waals surface area contributed by atoms with Gasteiger partial charge in [0.05, 0.1) is 0 Å². The van der Waals surface area contributed by atoms with Crippen LogP contribution in [0.2, 0.25) is 6.04 Å². The lowest BCUT2D eigenvalue weighted by atomic mass is 10.5. The Bertz CT molecular complexity index is 126. The third-order valence-electron chi connectivity index (χ3n) is 1.62. The maximum atomic E-state index is 8.06. The van der Waals surface area contributed by atoms with Gasteiger partial charge >= 0.3 is 8.80 Å². The molecule has 0 aromatic heterocycles. The first kappa shape index (κ1) is 21.6. The van der Waals surface area contributed by atoms with Gasteiger partial charge in [-0.1, -0.05) is 0 Å². The Balaban J connectivity index is -0.000000292. The maximum Gasteiger partial charge on any atom is 0.500 e. The monoisotopic (exact) mass is 275 g/mol. The molecule has 0 aromatic carbocycles. The Morgan fingerprint density at radius 1 is 1.12 bits per heavy atom. The third kappa shape index (κ3) is 12.4. The lowest BCUT2D eigenvalue weighted by molar-refractivity contribution is 0.123. The third-order valence-corrected chi connectivity index (χ3v) is 4.45. The van der Waals surface area contributed by atoms with Crippen LogP contribution >= 0.6 is 12.4 Å². The van der Waals surface area contributed by atoms with Crippen molar-refractivity contribution >= 4 is 21.2 Å². The van der Waals surface area contributed by atoms with Gasteiger partial charge in [-0.05, 0) is 26.8 Å². The van der Waals surface area contributed by atoms with Crippen molar-refractivity contribution in [2.45, 2.75) is 32.4 Å². The standard InChI is InChI=1S/C6H17NO3Si.C3H8O.ClH/c1-8-11(9-2,10-3)6-4-5-7;1-3(2)4;/h4-7H2,1-3H3;3-4H,1-2H3;1H. The van der Waals surface area contributed by atoms with E-state index in [0.29, 0.717) is 6.54 Å². The van der Waals surface area contributed by atoms with Crippen LogP contribution in [0.5, 0.6) is 0 Å². The second-order valence-electron chi connectivity index (χ2n) is 3.28. The predicted octanol–water partition coefficient (Wildman–Crippen LogP) is 1.02. The summed E-state index contributed by atoms with van der Waals surface area (Å²) in [4.78, 5) is 0. The Morgan fingerprint density at radius 3 is 1.62 bits per heavy atom. The van der Waals surface area contributed by atoms with E-state index in [0.717, 1.165) is 12.5 Å². The molecule has 0 rings (SSSR count). The van der Waals surface area contributed by atoms with Gasteiger partial charge in [0.2, 0.25) is 0 Å². The van der Waals surface area contributed by atoms with Crippen LogP contribution in [-0.4, -0.2) is 47.9 Å². The Labute approximate surface area is 106 Å². The summed E-state index contributed by atoms with van der Waals surface area (Å²) in [5, 5.41) is 8.06. The van der Waals surface area contributed by atoms with Crippen LogP contribution in [0.25, 0.3) is 0 Å². The lowest BCUT2D eigenvalue weighted by Crippen LogP contribution is -2.42. The fraction of sp³-hybridized carbons (Fsp3) is 1.00. The minimum absolute atomic E-state index is 0. The van der Waals surface area contributed by atoms with Gasteiger partial charge < -0.3 is 24.1 Å². The Morgan fingerprint density at radius 2 is 1.44 bits per heavy atom. The number of rotatable bonds is 6. The topological polar surface area (TPSA) is 73.9 Å². The molecule has 5 nitrogen and oxygen atoms in total. The molecule has 0 atom stereocenters. The molecule has 0 aliphatic heterocycles. The lowest BCUT2D eigenvalue weighted by Gasteiger charge is -2.23. The number of nitrogens with two attached hydrogens (primary N) is 1. The van der Waals surface area contributed by atoms with Gasteiger partial charge in [0, 0.05) is 33.5 Å². The quantitative estimate of drug-likeness (QED) is 0.708. The Kier molecular flexibility index (Phi) is 18.0. The molecule has 3 N–H and O–H groups in total. The van der Waals surface area contributed by atoms with Gasteiger partial charge in [0.25, 0.3) is 0 Å². The second kappa shape index (κ2) is 13.4. The van der Waals surface area contributed by atoms with E-state index >= 15 is 0 Å². The minimum Gasteiger partial charge on any atom is -0.394 e. The van der Waals surface area contributed by atoms with Crippen LogP contribution in [0.1, 0.15) is 20.3 Å². The summed E-state index contributed by atoms with van der Waals surface area (Å²) in [7, 11) is 2.50. The van der Waals surface area contributed by atoms with Crippen molar-refractivity contribution in [1.29, 1.82) is 0 Å². The SMILES string of the molecule is CC(C)O.CO[Si](CCCN)(OC)OC.Cl. The molecular weight excluding hydrogens is 250 g/mol. The van der Waals surface area contributed by atoms with E-state index in [1.54, 1.807) is 35.2 Å². The van der Waals surface area contributed by atoms with Gasteiger partial charge in [-0.2, -0.15) is 0 Å². The molecule has 0 amide bonds. The average Bonchev–Trinajstić information content (AvgIpc) is 2.20. The van der Waals surface area contributed by atoms with Gasteiger partial charge in [0.1, 0.15) is 0 Å². The average molecular weight is 276 g/mol. The summed E-state index contributed by atoms with van der Waals surface area (Å²) < 4.78 is 15.5. The molecule has 0 aliphatic rings. The highest BCUT2D eigenvalue weighted by Crippen LogP contribution is 2.13. The molecule has 0 radical (unpaired) electrons. The fourth-order valence-electron chi connectivity index (χ4n) is 0.875. The molecule has 0 aromatic rings. The first-order valence-electron chi connectivity index (χ1n) is 5.01. The normalized spacial score (nSPS) is 10.5. The highest BCUT2D eigenvalue weighted by Gasteiger charge is 2.36. The number of aliphatic hydroxyl groups is 1. The van der Waals surface area contributed by atoms with E-state index in [4.69, 9.17) is 24.1 Å². The van der Waals surface area contributed by atoms with E-state index in [9.17, 15) is 0 Å². The number of hydrogen-bond donors (Lipinski definition) is 2. The zero-order chi connectivity index (χ0) is 12.3. The van der Waals surface area contributed by atoms with E-state index in [-0.39, 0.29) is 18.5 Å². The summed E-state index contributed by atoms with van der Waals surface area (Å²) in [6.07, 6.45) is 0.710. The molecular formula is C9H26ClNO4Si. The van der Waals surface area contributed by atoms with E-state index in [1.807, 2.05) is 0 Å². The van der Waals surface area contributed by atoms with Crippen molar-refractivity contribution in [2.24, 2.45) is 5.73 Å². The summed E-state index contributed by atoms with van der Waals surface area (Å²) >= 11 is 0. The molecule has 16 heavy (non-hydrogen) atoms. The highest BCUT2D eigenvalue weighted by molar-refractivity contribution is 6.60. The summed E-state index contributed by atoms with van der Waals surface area (Å²) in [6, 6.07) is 0.785. The molecule has 0 aliphatic carbocycles. The van der Waals surface area contributed by atoms with Crippen molar-refractivity contribution in [3.05, 3.63) is 0 Å². The smallest absolute Gasteiger partial charge is 0.394 e. The zero-order valence-corrected chi connectivity index (χ0v) is 12.7. The van der Waals surface area contributed by atoms with E-state index in [2.05, 4.69) is 0 Å². The van der Waals surface area contributed by atoms with Crippen LogP contribution in [0.4, 0.5) is 0 Å². The largest absolute Gasteiger partial charge is 0.500 e. The molecule has 102 valence electrons. The first-order valence-corrected chi connectivity index (χ1v) is 6.94. The molecule has 0 unspecified atom stereocenters. The van der Waals surface area contributed by atoms with Gasteiger partial charge in [-0.25, -0.2) is 0 Å². The zero-order valence-electron chi connectivity index (χ0n) is 10.9. The Hall–Kier alpha value is 0.307. The number of halogens is 1. The first-order chi connectivity index (χ1) is 6.97. The maximum absolute atomic E-state index is 8.06. The van der Waals surface area contributed by atoms with E-state index < -0.39 is 8.80 Å². The number of hydrogen-bond acceptors (Lipinski definition) is 5. The predicted molar refractivity (Wildman–Crippen MR) is 69.9 cm³/mol. The van der Waals surface area contributed by atoms with Crippen molar-refractivity contribution in [3.8, 4) is 0 Å². The van der Waals surface area contributed by atoms with Crippen molar-refractivity contribution < 1.29 is 18.4 Å². The van der Waals surface area contributed by atoms with Crippen LogP contribution in [-0.2, 0) is 13.3 Å². The molecule has 0 spiro atoms. The molecule has 0 fully saturated rings. The molecule has 0 heterocycles. The van der Waals surface area contributed by atoms with E-state index in [1.165, 1.54) is 0 Å². The fourth-order valence-corrected chi connectivity index (χ4v) is 2.62. The van der Waals surface area contributed by atoms with Crippen molar-refractivity contribution in [3.63, 3.8) is 0 Å². The van der Waals surface area contributed by atoms with Crippen LogP contribution in [0.15, 0.2) is 0 Å². The van der Waals surface area contributed by atoms with Crippen molar-refractivity contribution in [1.82, 2.24) is 0 Å². The summed E-state index contributed by atoms with van der Waals surface area (Å²) in [5.41, 5.74) is 5.36. The van der Waals surface area contributed by atoms with Crippen LogP contribution in [0.3, 0.4) is 0 Å². The van der Waals surface area contributed by atoms with Gasteiger partial charge in [-0.15, -0.1) is 12.4 Å². The highest BCUT2D eigenvalue weighted by atomic mass is 35.5. The van der Waals surface area contributed by atoms with Crippen LogP contribution in [0, 0.1) is 0 Å². The molecule has 0 bridgehead atoms. The summed E-state index contributed by atoms with van der Waals surface area (Å²) in [6.45, 7) is 4.09.